The van der Waals surface area contributed by atoms with E-state index in [9.17, 15) is 4.79 Å². The van der Waals surface area contributed by atoms with E-state index < -0.39 is 0 Å². The fraction of sp³-hybridized carbons (Fsp3) is 0.389. The van der Waals surface area contributed by atoms with Gasteiger partial charge < -0.3 is 9.84 Å². The van der Waals surface area contributed by atoms with E-state index in [2.05, 4.69) is 29.3 Å². The number of aromatic nitrogens is 2. The first kappa shape index (κ1) is 14.2. The number of hydrogen-bond donors (Lipinski definition) is 1. The Hall–Kier alpha value is -2.43. The standard InChI is InChI=1S/C18H19N3O2/c1-10-14-15(11-5-4-6-19-9-11)16-12(20-17(14)23-21-10)7-18(2,3)8-13(16)22/h4-6,9,15,20H,7-8H2,1-3H3. The molecule has 1 aliphatic carbocycles. The van der Waals surface area contributed by atoms with Gasteiger partial charge in [-0.3, -0.25) is 9.78 Å². The number of hydrogen-bond acceptors (Lipinski definition) is 5. The van der Waals surface area contributed by atoms with Crippen LogP contribution in [0.15, 0.2) is 40.3 Å². The van der Waals surface area contributed by atoms with Crippen molar-refractivity contribution in [1.82, 2.24) is 10.1 Å². The second-order valence-electron chi connectivity index (χ2n) is 7.19. The number of fused-ring (bicyclic) bond motifs is 1. The van der Waals surface area contributed by atoms with Crippen molar-refractivity contribution in [2.45, 2.75) is 39.5 Å². The van der Waals surface area contributed by atoms with Crippen molar-refractivity contribution in [2.24, 2.45) is 5.41 Å². The molecule has 1 atom stereocenters. The lowest BCUT2D eigenvalue weighted by Crippen LogP contribution is -2.33. The third kappa shape index (κ3) is 2.19. The molecule has 0 spiro atoms. The number of ketones is 1. The summed E-state index contributed by atoms with van der Waals surface area (Å²) in [4.78, 5) is 17.1. The van der Waals surface area contributed by atoms with E-state index in [1.807, 2.05) is 25.3 Å². The molecule has 3 heterocycles. The quantitative estimate of drug-likeness (QED) is 0.872. The topological polar surface area (TPSA) is 68.0 Å². The molecule has 1 unspecified atom stereocenters. The molecule has 5 nitrogen and oxygen atoms in total. The van der Waals surface area contributed by atoms with Gasteiger partial charge in [0.05, 0.1) is 11.3 Å². The van der Waals surface area contributed by atoms with Crippen molar-refractivity contribution in [1.29, 1.82) is 0 Å². The Morgan fingerprint density at radius 2 is 2.17 bits per heavy atom. The largest absolute Gasteiger partial charge is 0.338 e. The SMILES string of the molecule is Cc1noc2c1C(c1cccnc1)C1=C(CC(C)(C)CC1=O)N2. The lowest BCUT2D eigenvalue weighted by Gasteiger charge is -2.37. The number of carbonyl (C=O) groups excluding carboxylic acids is 1. The smallest absolute Gasteiger partial charge is 0.233 e. The summed E-state index contributed by atoms with van der Waals surface area (Å²) in [6.45, 7) is 6.16. The summed E-state index contributed by atoms with van der Waals surface area (Å²) < 4.78 is 5.46. The number of rotatable bonds is 1. The minimum absolute atomic E-state index is 0.0467. The zero-order valence-corrected chi connectivity index (χ0v) is 13.5. The molecule has 0 amide bonds. The Kier molecular flexibility index (Phi) is 2.95. The first-order valence-corrected chi connectivity index (χ1v) is 7.86. The lowest BCUT2D eigenvalue weighted by atomic mass is 9.69. The van der Waals surface area contributed by atoms with Crippen LogP contribution in [0.5, 0.6) is 0 Å². The van der Waals surface area contributed by atoms with Gasteiger partial charge in [0.15, 0.2) is 5.78 Å². The zero-order chi connectivity index (χ0) is 16.2. The van der Waals surface area contributed by atoms with Crippen LogP contribution in [-0.2, 0) is 4.79 Å². The van der Waals surface area contributed by atoms with E-state index in [0.29, 0.717) is 12.3 Å². The molecule has 118 valence electrons. The highest BCUT2D eigenvalue weighted by Crippen LogP contribution is 2.49. The summed E-state index contributed by atoms with van der Waals surface area (Å²) in [6, 6.07) is 3.91. The van der Waals surface area contributed by atoms with Gasteiger partial charge in [-0.05, 0) is 30.4 Å². The van der Waals surface area contributed by atoms with Crippen molar-refractivity contribution < 1.29 is 9.32 Å². The number of nitrogens with one attached hydrogen (secondary N) is 1. The number of pyridine rings is 1. The predicted octanol–water partition coefficient (Wildman–Crippen LogP) is 3.58. The second-order valence-corrected chi connectivity index (χ2v) is 7.19. The fourth-order valence-electron chi connectivity index (χ4n) is 3.75. The molecule has 4 rings (SSSR count). The average Bonchev–Trinajstić information content (AvgIpc) is 2.86. The highest BCUT2D eigenvalue weighted by molar-refractivity contribution is 6.01. The van der Waals surface area contributed by atoms with Crippen LogP contribution in [0, 0.1) is 12.3 Å². The van der Waals surface area contributed by atoms with E-state index in [-0.39, 0.29) is 17.1 Å². The maximum Gasteiger partial charge on any atom is 0.233 e. The molecule has 0 saturated heterocycles. The van der Waals surface area contributed by atoms with E-state index in [1.165, 1.54) is 0 Å². The van der Waals surface area contributed by atoms with Gasteiger partial charge in [0.25, 0.3) is 0 Å². The monoisotopic (exact) mass is 309 g/mol. The molecule has 0 fully saturated rings. The Bertz CT molecular complexity index is 818. The third-order valence-corrected chi connectivity index (χ3v) is 4.69. The van der Waals surface area contributed by atoms with Crippen LogP contribution in [0.25, 0.3) is 0 Å². The van der Waals surface area contributed by atoms with Gasteiger partial charge >= 0.3 is 0 Å². The Labute approximate surface area is 134 Å². The number of carbonyl (C=O) groups is 1. The van der Waals surface area contributed by atoms with E-state index in [1.54, 1.807) is 6.20 Å². The molecule has 0 bridgehead atoms. The average molecular weight is 309 g/mol. The number of anilines is 1. The molecule has 0 aromatic carbocycles. The van der Waals surface area contributed by atoms with Gasteiger partial charge in [0.2, 0.25) is 5.88 Å². The van der Waals surface area contributed by atoms with Gasteiger partial charge in [-0.2, -0.15) is 0 Å². The van der Waals surface area contributed by atoms with Crippen molar-refractivity contribution in [3.63, 3.8) is 0 Å². The molecule has 5 heteroatoms. The molecule has 0 radical (unpaired) electrons. The minimum atomic E-state index is -0.148. The Morgan fingerprint density at radius 3 is 2.91 bits per heavy atom. The number of allylic oxidation sites excluding steroid dienone is 2. The highest BCUT2D eigenvalue weighted by Gasteiger charge is 2.42. The van der Waals surface area contributed by atoms with Crippen LogP contribution in [-0.4, -0.2) is 15.9 Å². The van der Waals surface area contributed by atoms with E-state index in [0.717, 1.165) is 34.5 Å². The van der Waals surface area contributed by atoms with Crippen molar-refractivity contribution in [2.75, 3.05) is 5.32 Å². The first-order chi connectivity index (χ1) is 11.0. The van der Waals surface area contributed by atoms with Crippen molar-refractivity contribution in [3.8, 4) is 0 Å². The van der Waals surface area contributed by atoms with E-state index in [4.69, 9.17) is 4.52 Å². The summed E-state index contributed by atoms with van der Waals surface area (Å²) in [7, 11) is 0. The van der Waals surface area contributed by atoms with Crippen LogP contribution in [0.3, 0.4) is 0 Å². The summed E-state index contributed by atoms with van der Waals surface area (Å²) in [6.07, 6.45) is 4.95. The number of Topliss-reactive ketones (excluding diaryl/α,β-unsaturated/α-hetero) is 1. The van der Waals surface area contributed by atoms with Crippen molar-refractivity contribution >= 4 is 11.7 Å². The van der Waals surface area contributed by atoms with Gasteiger partial charge in [-0.1, -0.05) is 25.1 Å². The minimum Gasteiger partial charge on any atom is -0.338 e. The summed E-state index contributed by atoms with van der Waals surface area (Å²) >= 11 is 0. The molecule has 0 saturated carbocycles. The normalized spacial score (nSPS) is 22.4. The lowest BCUT2D eigenvalue weighted by molar-refractivity contribution is -0.118. The molecule has 2 aromatic rings. The molecular formula is C18H19N3O2. The predicted molar refractivity (Wildman–Crippen MR) is 86.0 cm³/mol. The maximum absolute atomic E-state index is 12.9. The summed E-state index contributed by atoms with van der Waals surface area (Å²) in [5.74, 6) is 0.703. The van der Waals surface area contributed by atoms with Gasteiger partial charge in [0.1, 0.15) is 0 Å². The summed E-state index contributed by atoms with van der Waals surface area (Å²) in [5.41, 5.74) is 4.52. The molecule has 1 aliphatic heterocycles. The molecule has 1 N–H and O–H groups in total. The number of nitrogens with zero attached hydrogens (tertiary/aromatic N) is 2. The third-order valence-electron chi connectivity index (χ3n) is 4.69. The highest BCUT2D eigenvalue weighted by atomic mass is 16.5. The maximum atomic E-state index is 12.9. The molecular weight excluding hydrogens is 290 g/mol. The molecule has 2 aliphatic rings. The van der Waals surface area contributed by atoms with Gasteiger partial charge in [0, 0.05) is 36.0 Å². The van der Waals surface area contributed by atoms with Crippen LogP contribution >= 0.6 is 0 Å². The van der Waals surface area contributed by atoms with Crippen LogP contribution in [0.2, 0.25) is 0 Å². The second kappa shape index (κ2) is 4.78. The Balaban J connectivity index is 1.94. The molecule has 23 heavy (non-hydrogen) atoms. The van der Waals surface area contributed by atoms with Crippen molar-refractivity contribution in [3.05, 3.63) is 52.6 Å². The van der Waals surface area contributed by atoms with Gasteiger partial charge in [-0.15, -0.1) is 0 Å². The molecule has 2 aromatic heterocycles. The first-order valence-electron chi connectivity index (χ1n) is 7.86. The fourth-order valence-corrected chi connectivity index (χ4v) is 3.75. The zero-order valence-electron chi connectivity index (χ0n) is 13.5. The number of aryl methyl sites for hydroxylation is 1. The van der Waals surface area contributed by atoms with E-state index >= 15 is 0 Å². The summed E-state index contributed by atoms with van der Waals surface area (Å²) in [5, 5.41) is 7.41. The Morgan fingerprint density at radius 1 is 1.35 bits per heavy atom. The van der Waals surface area contributed by atoms with Gasteiger partial charge in [-0.25, -0.2) is 0 Å². The van der Waals surface area contributed by atoms with Crippen LogP contribution in [0.1, 0.15) is 49.4 Å². The van der Waals surface area contributed by atoms with Crippen LogP contribution in [0.4, 0.5) is 5.88 Å². The van der Waals surface area contributed by atoms with Crippen LogP contribution < -0.4 is 5.32 Å².